The first-order valence-electron chi connectivity index (χ1n) is 8.54. The number of amides is 1. The van der Waals surface area contributed by atoms with Crippen molar-refractivity contribution in [3.63, 3.8) is 0 Å². The lowest BCUT2D eigenvalue weighted by atomic mass is 10.1. The molecule has 2 aromatic carbocycles. The number of methoxy groups -OCH3 is 1. The minimum Gasteiger partial charge on any atom is -0.489 e. The number of carbonyl (C=O) groups excluding carboxylic acids is 1. The van der Waals surface area contributed by atoms with Gasteiger partial charge in [0, 0.05) is 12.1 Å². The number of ether oxygens (including phenoxy) is 2. The lowest BCUT2D eigenvalue weighted by Gasteiger charge is -2.16. The summed E-state index contributed by atoms with van der Waals surface area (Å²) in [6, 6.07) is 15.4. The zero-order valence-corrected chi connectivity index (χ0v) is 17.3. The molecule has 0 bridgehead atoms. The fraction of sp³-hybridized carbons (Fsp3) is 0.300. The van der Waals surface area contributed by atoms with Gasteiger partial charge >= 0.3 is 0 Å². The van der Waals surface area contributed by atoms with E-state index in [4.69, 9.17) is 33.3 Å². The third-order valence-corrected chi connectivity index (χ3v) is 6.05. The molecule has 27 heavy (non-hydrogen) atoms. The van der Waals surface area contributed by atoms with Gasteiger partial charge < -0.3 is 9.47 Å². The Morgan fingerprint density at radius 3 is 2.67 bits per heavy atom. The SMILES string of the molecule is COCCN1C(=O)[C@@H](Cc2ccccc2OCc2ccc(Cl)cc2)SC1=S. The Hall–Kier alpha value is -1.60. The standard InChI is InChI=1S/C20H20ClNO3S2/c1-24-11-10-22-19(23)18(27-20(22)26)12-15-4-2-3-5-17(15)25-13-14-6-8-16(21)9-7-14/h2-9,18H,10-13H2,1H3/t18-/m1/s1. The highest BCUT2D eigenvalue weighted by Crippen LogP contribution is 2.32. The molecule has 7 heteroatoms. The summed E-state index contributed by atoms with van der Waals surface area (Å²) >= 11 is 12.7. The van der Waals surface area contributed by atoms with Crippen LogP contribution < -0.4 is 4.74 Å². The second kappa shape index (κ2) is 9.55. The van der Waals surface area contributed by atoms with E-state index in [9.17, 15) is 4.79 Å². The van der Waals surface area contributed by atoms with E-state index in [1.165, 1.54) is 11.8 Å². The minimum absolute atomic E-state index is 0.0366. The van der Waals surface area contributed by atoms with E-state index in [0.29, 0.717) is 35.5 Å². The Labute approximate surface area is 173 Å². The smallest absolute Gasteiger partial charge is 0.242 e. The lowest BCUT2D eigenvalue weighted by molar-refractivity contribution is -0.126. The van der Waals surface area contributed by atoms with Crippen LogP contribution in [-0.2, 0) is 22.6 Å². The van der Waals surface area contributed by atoms with Gasteiger partial charge in [-0.3, -0.25) is 9.69 Å². The van der Waals surface area contributed by atoms with Crippen LogP contribution in [0.3, 0.4) is 0 Å². The molecule has 0 aliphatic carbocycles. The Bertz CT molecular complexity index is 813. The zero-order valence-electron chi connectivity index (χ0n) is 14.9. The van der Waals surface area contributed by atoms with Crippen molar-refractivity contribution in [1.82, 2.24) is 4.90 Å². The number of para-hydroxylation sites is 1. The monoisotopic (exact) mass is 421 g/mol. The van der Waals surface area contributed by atoms with Crippen molar-refractivity contribution in [2.45, 2.75) is 18.3 Å². The highest BCUT2D eigenvalue weighted by atomic mass is 35.5. The minimum atomic E-state index is -0.227. The van der Waals surface area contributed by atoms with E-state index in [0.717, 1.165) is 16.9 Å². The highest BCUT2D eigenvalue weighted by Gasteiger charge is 2.36. The third-order valence-electron chi connectivity index (χ3n) is 4.21. The molecule has 0 unspecified atom stereocenters. The molecule has 0 saturated carbocycles. The van der Waals surface area contributed by atoms with Crippen LogP contribution in [0.1, 0.15) is 11.1 Å². The first-order chi connectivity index (χ1) is 13.1. The van der Waals surface area contributed by atoms with E-state index >= 15 is 0 Å². The van der Waals surface area contributed by atoms with Gasteiger partial charge in [0.05, 0.1) is 18.4 Å². The topological polar surface area (TPSA) is 38.8 Å². The summed E-state index contributed by atoms with van der Waals surface area (Å²) in [5, 5.41) is 0.472. The van der Waals surface area contributed by atoms with Crippen LogP contribution in [0.4, 0.5) is 0 Å². The predicted octanol–water partition coefficient (Wildman–Crippen LogP) is 4.34. The molecule has 1 fully saturated rings. The van der Waals surface area contributed by atoms with Crippen LogP contribution in [0.2, 0.25) is 5.02 Å². The molecular formula is C20H20ClNO3S2. The van der Waals surface area contributed by atoms with Crippen LogP contribution in [-0.4, -0.2) is 40.6 Å². The van der Waals surface area contributed by atoms with Crippen LogP contribution in [0, 0.1) is 0 Å². The van der Waals surface area contributed by atoms with Crippen molar-refractivity contribution < 1.29 is 14.3 Å². The van der Waals surface area contributed by atoms with E-state index in [2.05, 4.69) is 0 Å². The second-order valence-corrected chi connectivity index (χ2v) is 8.36. The second-order valence-electron chi connectivity index (χ2n) is 6.08. The number of hydrogen-bond acceptors (Lipinski definition) is 5. The molecular weight excluding hydrogens is 402 g/mol. The van der Waals surface area contributed by atoms with E-state index in [-0.39, 0.29) is 11.2 Å². The van der Waals surface area contributed by atoms with Crippen molar-refractivity contribution >= 4 is 45.8 Å². The van der Waals surface area contributed by atoms with Gasteiger partial charge in [-0.15, -0.1) is 0 Å². The van der Waals surface area contributed by atoms with Crippen LogP contribution in [0.15, 0.2) is 48.5 Å². The third kappa shape index (κ3) is 5.23. The van der Waals surface area contributed by atoms with E-state index in [1.54, 1.807) is 12.0 Å². The van der Waals surface area contributed by atoms with E-state index < -0.39 is 0 Å². The Morgan fingerprint density at radius 2 is 1.93 bits per heavy atom. The molecule has 1 aliphatic rings. The number of halogens is 1. The molecule has 1 atom stereocenters. The van der Waals surface area contributed by atoms with Crippen molar-refractivity contribution in [3.05, 3.63) is 64.7 Å². The normalized spacial score (nSPS) is 16.8. The molecule has 3 rings (SSSR count). The number of thiocarbonyl (C=S) groups is 1. The first-order valence-corrected chi connectivity index (χ1v) is 10.2. The number of nitrogens with zero attached hydrogens (tertiary/aromatic N) is 1. The van der Waals surface area contributed by atoms with Crippen LogP contribution in [0.25, 0.3) is 0 Å². The molecule has 0 N–H and O–H groups in total. The summed E-state index contributed by atoms with van der Waals surface area (Å²) in [6.07, 6.45) is 0.573. The Balaban J connectivity index is 1.66. The molecule has 142 valence electrons. The molecule has 1 heterocycles. The van der Waals surface area contributed by atoms with Gasteiger partial charge in [-0.05, 0) is 35.7 Å². The first kappa shape index (κ1) is 20.1. The molecule has 1 saturated heterocycles. The molecule has 1 amide bonds. The van der Waals surface area contributed by atoms with Crippen molar-refractivity contribution in [2.24, 2.45) is 0 Å². The summed E-state index contributed by atoms with van der Waals surface area (Å²) < 4.78 is 11.7. The quantitative estimate of drug-likeness (QED) is 0.593. The van der Waals surface area contributed by atoms with Gasteiger partial charge in [0.2, 0.25) is 5.91 Å². The summed E-state index contributed by atoms with van der Waals surface area (Å²) in [5.41, 5.74) is 2.03. The average molecular weight is 422 g/mol. The summed E-state index contributed by atoms with van der Waals surface area (Å²) in [7, 11) is 1.61. The summed E-state index contributed by atoms with van der Waals surface area (Å²) in [6.45, 7) is 1.41. The van der Waals surface area contributed by atoms with Gasteiger partial charge in [-0.2, -0.15) is 0 Å². The van der Waals surface area contributed by atoms with E-state index in [1.807, 2.05) is 48.5 Å². The lowest BCUT2D eigenvalue weighted by Crippen LogP contribution is -2.34. The molecule has 2 aromatic rings. The maximum Gasteiger partial charge on any atom is 0.242 e. The Morgan fingerprint density at radius 1 is 1.19 bits per heavy atom. The van der Waals surface area contributed by atoms with Gasteiger partial charge in [-0.25, -0.2) is 0 Å². The largest absolute Gasteiger partial charge is 0.489 e. The predicted molar refractivity (Wildman–Crippen MR) is 113 cm³/mol. The number of benzene rings is 2. The van der Waals surface area contributed by atoms with Crippen molar-refractivity contribution in [1.29, 1.82) is 0 Å². The fourth-order valence-corrected chi connectivity index (χ4v) is 4.47. The number of rotatable bonds is 8. The van der Waals surface area contributed by atoms with Gasteiger partial charge in [0.15, 0.2) is 0 Å². The maximum absolute atomic E-state index is 12.7. The van der Waals surface area contributed by atoms with Crippen LogP contribution in [0.5, 0.6) is 5.75 Å². The zero-order chi connectivity index (χ0) is 19.2. The van der Waals surface area contributed by atoms with Crippen molar-refractivity contribution in [2.75, 3.05) is 20.3 Å². The maximum atomic E-state index is 12.7. The summed E-state index contributed by atoms with van der Waals surface area (Å²) in [5.74, 6) is 0.816. The number of carbonyl (C=O) groups is 1. The average Bonchev–Trinajstić information content (AvgIpc) is 2.93. The van der Waals surface area contributed by atoms with Crippen LogP contribution >= 0.6 is 35.6 Å². The Kier molecular flexibility index (Phi) is 7.13. The highest BCUT2D eigenvalue weighted by molar-refractivity contribution is 8.24. The molecule has 0 radical (unpaired) electrons. The molecule has 1 aliphatic heterocycles. The number of hydrogen-bond donors (Lipinski definition) is 0. The van der Waals surface area contributed by atoms with Gasteiger partial charge in [0.25, 0.3) is 0 Å². The van der Waals surface area contributed by atoms with Gasteiger partial charge in [0.1, 0.15) is 16.7 Å². The molecule has 0 aromatic heterocycles. The van der Waals surface area contributed by atoms with Crippen molar-refractivity contribution in [3.8, 4) is 5.75 Å². The fourth-order valence-electron chi connectivity index (χ4n) is 2.77. The molecule has 4 nitrogen and oxygen atoms in total. The summed E-state index contributed by atoms with van der Waals surface area (Å²) in [4.78, 5) is 14.3. The molecule has 0 spiro atoms. The number of thioether (sulfide) groups is 1. The van der Waals surface area contributed by atoms with Gasteiger partial charge in [-0.1, -0.05) is 65.9 Å².